The van der Waals surface area contributed by atoms with Gasteiger partial charge in [-0.1, -0.05) is 60.7 Å². The second kappa shape index (κ2) is 8.86. The molecule has 2 atom stereocenters. The number of hydrogen-bond donors (Lipinski definition) is 1. The van der Waals surface area contributed by atoms with Crippen LogP contribution in [-0.2, 0) is 16.1 Å². The Balaban J connectivity index is 1.60. The van der Waals surface area contributed by atoms with E-state index in [1.807, 2.05) is 48.5 Å². The minimum atomic E-state index is -0.749. The van der Waals surface area contributed by atoms with Crippen LogP contribution in [0.1, 0.15) is 30.0 Å². The molecule has 0 spiro atoms. The fourth-order valence-corrected chi connectivity index (χ4v) is 3.13. The molecule has 1 heterocycles. The zero-order chi connectivity index (χ0) is 19.1. The lowest BCUT2D eigenvalue weighted by Gasteiger charge is -2.24. The highest BCUT2D eigenvalue weighted by Crippen LogP contribution is 2.21. The van der Waals surface area contributed by atoms with Crippen LogP contribution in [0.5, 0.6) is 0 Å². The van der Waals surface area contributed by atoms with Crippen molar-refractivity contribution in [3.05, 3.63) is 71.8 Å². The van der Waals surface area contributed by atoms with Crippen LogP contribution in [0.4, 0.5) is 4.79 Å². The predicted octanol–water partition coefficient (Wildman–Crippen LogP) is 3.17. The Kier molecular flexibility index (Phi) is 6.06. The summed E-state index contributed by atoms with van der Waals surface area (Å²) >= 11 is 0. The normalized spacial score (nSPS) is 17.0. The summed E-state index contributed by atoms with van der Waals surface area (Å²) in [5.74, 6) is -0.334. The molecule has 1 aliphatic rings. The minimum Gasteiger partial charge on any atom is -0.445 e. The lowest BCUT2D eigenvalue weighted by Crippen LogP contribution is -2.46. The van der Waals surface area contributed by atoms with Gasteiger partial charge in [-0.3, -0.25) is 9.69 Å². The van der Waals surface area contributed by atoms with Gasteiger partial charge in [0.15, 0.2) is 0 Å². The molecule has 138 valence electrons. The zero-order valence-electron chi connectivity index (χ0n) is 14.9. The second-order valence-electron chi connectivity index (χ2n) is 6.37. The lowest BCUT2D eigenvalue weighted by atomic mass is 10.1. The Labute approximate surface area is 158 Å². The van der Waals surface area contributed by atoms with Crippen LogP contribution in [0.2, 0.25) is 0 Å². The van der Waals surface area contributed by atoms with Crippen LogP contribution in [0.3, 0.4) is 0 Å². The first-order valence-electron chi connectivity index (χ1n) is 8.91. The molecule has 2 aromatic rings. The maximum atomic E-state index is 12.7. The number of nitrogens with one attached hydrogen (secondary N) is 1. The molecule has 6 nitrogen and oxygen atoms in total. The SMILES string of the molecule is N#CC(NC(=O)C1CCCN1C(=O)OCc1ccccc1)c1ccccc1. The number of benzene rings is 2. The van der Waals surface area contributed by atoms with Gasteiger partial charge in [-0.15, -0.1) is 0 Å². The van der Waals surface area contributed by atoms with Crippen molar-refractivity contribution in [3.8, 4) is 6.07 Å². The van der Waals surface area contributed by atoms with Crippen molar-refractivity contribution in [2.45, 2.75) is 31.5 Å². The Morgan fingerprint density at radius 3 is 2.48 bits per heavy atom. The molecule has 2 unspecified atom stereocenters. The van der Waals surface area contributed by atoms with Crippen molar-refractivity contribution >= 4 is 12.0 Å². The molecular weight excluding hydrogens is 342 g/mol. The standard InChI is InChI=1S/C21H21N3O3/c22-14-18(17-10-5-2-6-11-17)23-20(25)19-12-7-13-24(19)21(26)27-15-16-8-3-1-4-9-16/h1-6,8-11,18-19H,7,12-13,15H2,(H,23,25). The average Bonchev–Trinajstić information content (AvgIpc) is 3.21. The van der Waals surface area contributed by atoms with Gasteiger partial charge in [0.1, 0.15) is 18.7 Å². The van der Waals surface area contributed by atoms with Crippen molar-refractivity contribution in [2.24, 2.45) is 0 Å². The fraction of sp³-hybridized carbons (Fsp3) is 0.286. The molecular formula is C21H21N3O3. The van der Waals surface area contributed by atoms with Crippen molar-refractivity contribution < 1.29 is 14.3 Å². The van der Waals surface area contributed by atoms with Gasteiger partial charge >= 0.3 is 6.09 Å². The Bertz CT molecular complexity index is 818. The third-order valence-electron chi connectivity index (χ3n) is 4.54. The van der Waals surface area contributed by atoms with E-state index >= 15 is 0 Å². The molecule has 27 heavy (non-hydrogen) atoms. The molecule has 3 rings (SSSR count). The van der Waals surface area contributed by atoms with E-state index in [0.717, 1.165) is 12.0 Å². The summed E-state index contributed by atoms with van der Waals surface area (Å²) in [6.45, 7) is 0.629. The predicted molar refractivity (Wildman–Crippen MR) is 99.3 cm³/mol. The highest BCUT2D eigenvalue weighted by atomic mass is 16.6. The van der Waals surface area contributed by atoms with Gasteiger partial charge in [-0.25, -0.2) is 4.79 Å². The molecule has 2 aromatic carbocycles. The number of hydrogen-bond acceptors (Lipinski definition) is 4. The number of carbonyl (C=O) groups excluding carboxylic acids is 2. The van der Waals surface area contributed by atoms with Crippen molar-refractivity contribution in [2.75, 3.05) is 6.54 Å². The van der Waals surface area contributed by atoms with E-state index in [0.29, 0.717) is 18.5 Å². The molecule has 0 radical (unpaired) electrons. The van der Waals surface area contributed by atoms with Crippen molar-refractivity contribution in [3.63, 3.8) is 0 Å². The Morgan fingerprint density at radius 1 is 1.15 bits per heavy atom. The summed E-state index contributed by atoms with van der Waals surface area (Å²) < 4.78 is 5.35. The number of carbonyl (C=O) groups is 2. The minimum absolute atomic E-state index is 0.162. The van der Waals surface area contributed by atoms with Gasteiger partial charge < -0.3 is 10.1 Å². The third kappa shape index (κ3) is 4.64. The van der Waals surface area contributed by atoms with Gasteiger partial charge in [0.05, 0.1) is 6.07 Å². The van der Waals surface area contributed by atoms with Crippen LogP contribution in [0, 0.1) is 11.3 Å². The molecule has 1 saturated heterocycles. The Morgan fingerprint density at radius 2 is 1.81 bits per heavy atom. The highest BCUT2D eigenvalue weighted by Gasteiger charge is 2.36. The quantitative estimate of drug-likeness (QED) is 0.884. The Hall–Kier alpha value is -3.33. The van der Waals surface area contributed by atoms with Crippen LogP contribution >= 0.6 is 0 Å². The molecule has 0 aliphatic carbocycles. The summed E-state index contributed by atoms with van der Waals surface area (Å²) in [6.07, 6.45) is 0.769. The number of likely N-dealkylation sites (tertiary alicyclic amines) is 1. The van der Waals surface area contributed by atoms with Crippen LogP contribution in [-0.4, -0.2) is 29.5 Å². The van der Waals surface area contributed by atoms with Gasteiger partial charge in [-0.2, -0.15) is 5.26 Å². The van der Waals surface area contributed by atoms with Crippen LogP contribution in [0.25, 0.3) is 0 Å². The van der Waals surface area contributed by atoms with E-state index in [2.05, 4.69) is 11.4 Å². The third-order valence-corrected chi connectivity index (χ3v) is 4.54. The zero-order valence-corrected chi connectivity index (χ0v) is 14.9. The molecule has 0 bridgehead atoms. The van der Waals surface area contributed by atoms with Gasteiger partial charge in [-0.05, 0) is 24.0 Å². The van der Waals surface area contributed by atoms with E-state index in [9.17, 15) is 14.9 Å². The maximum Gasteiger partial charge on any atom is 0.410 e. The number of nitrogens with zero attached hydrogens (tertiary/aromatic N) is 2. The van der Waals surface area contributed by atoms with Crippen molar-refractivity contribution in [1.82, 2.24) is 10.2 Å². The molecule has 1 N–H and O–H groups in total. The summed E-state index contributed by atoms with van der Waals surface area (Å²) in [7, 11) is 0. The van der Waals surface area contributed by atoms with Gasteiger partial charge in [0, 0.05) is 6.54 Å². The topological polar surface area (TPSA) is 82.4 Å². The smallest absolute Gasteiger partial charge is 0.410 e. The maximum absolute atomic E-state index is 12.7. The van der Waals surface area contributed by atoms with Crippen LogP contribution in [0.15, 0.2) is 60.7 Å². The van der Waals surface area contributed by atoms with E-state index < -0.39 is 18.2 Å². The molecule has 2 amide bonds. The molecule has 1 aliphatic heterocycles. The van der Waals surface area contributed by atoms with E-state index in [1.54, 1.807) is 12.1 Å². The largest absolute Gasteiger partial charge is 0.445 e. The lowest BCUT2D eigenvalue weighted by molar-refractivity contribution is -0.125. The first-order valence-corrected chi connectivity index (χ1v) is 8.91. The first kappa shape index (κ1) is 18.5. The number of rotatable bonds is 5. The summed E-state index contributed by atoms with van der Waals surface area (Å²) in [5.41, 5.74) is 1.60. The van der Waals surface area contributed by atoms with Crippen molar-refractivity contribution in [1.29, 1.82) is 5.26 Å². The molecule has 0 saturated carbocycles. The monoisotopic (exact) mass is 363 g/mol. The number of nitriles is 1. The molecule has 6 heteroatoms. The van der Waals surface area contributed by atoms with E-state index in [4.69, 9.17) is 4.74 Å². The summed E-state index contributed by atoms with van der Waals surface area (Å²) in [6, 6.07) is 19.2. The molecule has 1 fully saturated rings. The van der Waals surface area contributed by atoms with Gasteiger partial charge in [0.25, 0.3) is 0 Å². The highest BCUT2D eigenvalue weighted by molar-refractivity contribution is 5.86. The molecule has 0 aromatic heterocycles. The number of amides is 2. The average molecular weight is 363 g/mol. The number of ether oxygens (including phenoxy) is 1. The first-order chi connectivity index (χ1) is 13.2. The summed E-state index contributed by atoms with van der Waals surface area (Å²) in [4.78, 5) is 26.5. The summed E-state index contributed by atoms with van der Waals surface area (Å²) in [5, 5.41) is 12.1. The van der Waals surface area contributed by atoms with Gasteiger partial charge in [0.2, 0.25) is 5.91 Å². The van der Waals surface area contributed by atoms with E-state index in [1.165, 1.54) is 4.90 Å². The fourth-order valence-electron chi connectivity index (χ4n) is 3.13. The second-order valence-corrected chi connectivity index (χ2v) is 6.37. The van der Waals surface area contributed by atoms with Crippen LogP contribution < -0.4 is 5.32 Å². The van der Waals surface area contributed by atoms with E-state index in [-0.39, 0.29) is 12.5 Å².